The Bertz CT molecular complexity index is 1290. The number of nitrogens with zero attached hydrogens (tertiary/aromatic N) is 1. The van der Waals surface area contributed by atoms with Gasteiger partial charge in [-0.2, -0.15) is 0 Å². The first-order chi connectivity index (χ1) is 18.4. The molecule has 9 heteroatoms. The molecule has 0 spiro atoms. The van der Waals surface area contributed by atoms with Gasteiger partial charge < -0.3 is 25.4 Å². The number of carbonyl (C=O) groups is 3. The maximum Gasteiger partial charge on any atom is 0.408 e. The Kier molecular flexibility index (Phi) is 9.59. The van der Waals surface area contributed by atoms with Gasteiger partial charge in [-0.05, 0) is 62.6 Å². The molecule has 3 aromatic carbocycles. The van der Waals surface area contributed by atoms with Crippen LogP contribution in [0.25, 0.3) is 0 Å². The Morgan fingerprint density at radius 2 is 1.62 bits per heavy atom. The number of hydrogen-bond acceptors (Lipinski definition) is 5. The lowest BCUT2D eigenvalue weighted by Crippen LogP contribution is -2.52. The average Bonchev–Trinajstić information content (AvgIpc) is 2.86. The first kappa shape index (κ1) is 29.5. The van der Waals surface area contributed by atoms with Crippen LogP contribution in [0.15, 0.2) is 72.8 Å². The van der Waals surface area contributed by atoms with Crippen LogP contribution in [0.5, 0.6) is 5.75 Å². The van der Waals surface area contributed by atoms with Crippen molar-refractivity contribution in [1.29, 1.82) is 0 Å². The SMILES string of the molecule is Cc1cccc(Cl)c1NC(=O)C(c1ccc(O)cc1)N(C)C(=O)C(Cc1ccccc1)NC(=O)OC(C)(C)C. The molecule has 2 atom stereocenters. The van der Waals surface area contributed by atoms with E-state index in [2.05, 4.69) is 10.6 Å². The molecule has 206 valence electrons. The van der Waals surface area contributed by atoms with Crippen LogP contribution in [-0.4, -0.2) is 46.6 Å². The van der Waals surface area contributed by atoms with Gasteiger partial charge in [-0.15, -0.1) is 0 Å². The number of ether oxygens (including phenoxy) is 1. The van der Waals surface area contributed by atoms with Crippen molar-refractivity contribution in [3.63, 3.8) is 0 Å². The van der Waals surface area contributed by atoms with Gasteiger partial charge in [0.2, 0.25) is 5.91 Å². The predicted octanol–water partition coefficient (Wildman–Crippen LogP) is 5.63. The Labute approximate surface area is 233 Å². The van der Waals surface area contributed by atoms with Crippen molar-refractivity contribution in [3.8, 4) is 5.75 Å². The summed E-state index contributed by atoms with van der Waals surface area (Å²) in [7, 11) is 1.49. The quantitative estimate of drug-likeness (QED) is 0.336. The summed E-state index contributed by atoms with van der Waals surface area (Å²) in [4.78, 5) is 41.6. The molecule has 2 unspecified atom stereocenters. The number of nitrogens with one attached hydrogen (secondary N) is 2. The van der Waals surface area contributed by atoms with Gasteiger partial charge in [-0.1, -0.05) is 66.2 Å². The lowest BCUT2D eigenvalue weighted by molar-refractivity contribution is -0.139. The highest BCUT2D eigenvalue weighted by atomic mass is 35.5. The number of amides is 3. The second-order valence-electron chi connectivity index (χ2n) is 10.3. The summed E-state index contributed by atoms with van der Waals surface area (Å²) in [6.45, 7) is 7.00. The van der Waals surface area contributed by atoms with Gasteiger partial charge in [0.05, 0.1) is 10.7 Å². The maximum atomic E-state index is 13.9. The lowest BCUT2D eigenvalue weighted by atomic mass is 10.0. The number of benzene rings is 3. The summed E-state index contributed by atoms with van der Waals surface area (Å²) < 4.78 is 5.40. The van der Waals surface area contributed by atoms with E-state index in [1.54, 1.807) is 45.0 Å². The maximum absolute atomic E-state index is 13.9. The summed E-state index contributed by atoms with van der Waals surface area (Å²) in [5.74, 6) is -1.00. The van der Waals surface area contributed by atoms with E-state index in [-0.39, 0.29) is 12.2 Å². The highest BCUT2D eigenvalue weighted by Crippen LogP contribution is 2.29. The minimum atomic E-state index is -1.10. The molecule has 0 fully saturated rings. The molecule has 0 aliphatic carbocycles. The van der Waals surface area contributed by atoms with E-state index in [0.29, 0.717) is 16.3 Å². The van der Waals surface area contributed by atoms with Gasteiger partial charge in [0.15, 0.2) is 0 Å². The highest BCUT2D eigenvalue weighted by molar-refractivity contribution is 6.34. The number of aromatic hydroxyl groups is 1. The van der Waals surface area contributed by atoms with Crippen molar-refractivity contribution in [2.24, 2.45) is 0 Å². The molecular weight excluding hydrogens is 518 g/mol. The molecule has 0 saturated heterocycles. The normalized spacial score (nSPS) is 12.7. The molecule has 3 N–H and O–H groups in total. The van der Waals surface area contributed by atoms with E-state index in [1.807, 2.05) is 43.3 Å². The van der Waals surface area contributed by atoms with Crippen LogP contribution in [0.1, 0.15) is 43.5 Å². The summed E-state index contributed by atoms with van der Waals surface area (Å²) >= 11 is 6.35. The predicted molar refractivity (Wildman–Crippen MR) is 152 cm³/mol. The number of phenolic OH excluding ortho intramolecular Hbond substituents is 1. The molecule has 0 aliphatic rings. The van der Waals surface area contributed by atoms with E-state index in [4.69, 9.17) is 16.3 Å². The molecular formula is C30H34ClN3O5. The van der Waals surface area contributed by atoms with E-state index in [1.165, 1.54) is 24.1 Å². The zero-order valence-corrected chi connectivity index (χ0v) is 23.5. The van der Waals surface area contributed by atoms with Gasteiger partial charge in [0.25, 0.3) is 5.91 Å². The first-order valence-electron chi connectivity index (χ1n) is 12.5. The number of rotatable bonds is 8. The summed E-state index contributed by atoms with van der Waals surface area (Å²) in [5, 5.41) is 15.7. The molecule has 0 saturated carbocycles. The Morgan fingerprint density at radius 3 is 2.21 bits per heavy atom. The largest absolute Gasteiger partial charge is 0.508 e. The molecule has 3 rings (SSSR count). The number of halogens is 1. The van der Waals surface area contributed by atoms with Gasteiger partial charge in [0.1, 0.15) is 23.4 Å². The second kappa shape index (κ2) is 12.7. The monoisotopic (exact) mass is 551 g/mol. The fourth-order valence-corrected chi connectivity index (χ4v) is 4.33. The average molecular weight is 552 g/mol. The third kappa shape index (κ3) is 8.22. The molecule has 0 heterocycles. The molecule has 3 aromatic rings. The van der Waals surface area contributed by atoms with E-state index in [0.717, 1.165) is 11.1 Å². The number of hydrogen-bond donors (Lipinski definition) is 3. The molecule has 3 amide bonds. The van der Waals surface area contributed by atoms with E-state index in [9.17, 15) is 19.5 Å². The lowest BCUT2D eigenvalue weighted by Gasteiger charge is -2.32. The van der Waals surface area contributed by atoms with Crippen molar-refractivity contribution in [1.82, 2.24) is 10.2 Å². The van der Waals surface area contributed by atoms with Gasteiger partial charge in [0, 0.05) is 13.5 Å². The van der Waals surface area contributed by atoms with Crippen LogP contribution in [-0.2, 0) is 20.7 Å². The van der Waals surface area contributed by atoms with E-state index < -0.39 is 35.6 Å². The number of aryl methyl sites for hydroxylation is 1. The Hall–Kier alpha value is -4.04. The number of alkyl carbamates (subject to hydrolysis) is 1. The van der Waals surface area contributed by atoms with Crippen molar-refractivity contribution in [2.75, 3.05) is 12.4 Å². The Balaban J connectivity index is 1.97. The second-order valence-corrected chi connectivity index (χ2v) is 10.7. The summed E-state index contributed by atoms with van der Waals surface area (Å²) in [5.41, 5.74) is 1.70. The van der Waals surface area contributed by atoms with E-state index >= 15 is 0 Å². The smallest absolute Gasteiger partial charge is 0.408 e. The van der Waals surface area contributed by atoms with Gasteiger partial charge in [-0.3, -0.25) is 9.59 Å². The van der Waals surface area contributed by atoms with Gasteiger partial charge >= 0.3 is 6.09 Å². The number of anilines is 1. The zero-order valence-electron chi connectivity index (χ0n) is 22.7. The van der Waals surface area contributed by atoms with Crippen LogP contribution in [0, 0.1) is 6.92 Å². The highest BCUT2D eigenvalue weighted by Gasteiger charge is 2.34. The van der Waals surface area contributed by atoms with Crippen LogP contribution in [0.2, 0.25) is 5.02 Å². The van der Waals surface area contributed by atoms with Crippen LogP contribution < -0.4 is 10.6 Å². The fourth-order valence-electron chi connectivity index (χ4n) is 4.06. The van der Waals surface area contributed by atoms with Crippen LogP contribution >= 0.6 is 11.6 Å². The number of carbonyl (C=O) groups excluding carboxylic acids is 3. The first-order valence-corrected chi connectivity index (χ1v) is 12.9. The van der Waals surface area contributed by atoms with Crippen LogP contribution in [0.4, 0.5) is 10.5 Å². The number of likely N-dealkylation sites (N-methyl/N-ethyl adjacent to an activating group) is 1. The standard InChI is InChI=1S/C30H34ClN3O5/c1-19-10-9-13-23(31)25(19)33-27(36)26(21-14-16-22(35)17-15-21)34(5)28(37)24(18-20-11-7-6-8-12-20)32-29(38)39-30(2,3)4/h6-17,24,26,35H,18H2,1-5H3,(H,32,38)(H,33,36). The van der Waals surface area contributed by atoms with Gasteiger partial charge in [-0.25, -0.2) is 4.79 Å². The minimum absolute atomic E-state index is 0.0161. The summed E-state index contributed by atoms with van der Waals surface area (Å²) in [6, 6.07) is 18.4. The topological polar surface area (TPSA) is 108 Å². The van der Waals surface area contributed by atoms with Crippen molar-refractivity contribution in [2.45, 2.75) is 51.8 Å². The molecule has 0 bridgehead atoms. The van der Waals surface area contributed by atoms with Crippen molar-refractivity contribution >= 4 is 35.2 Å². The number of para-hydroxylation sites is 1. The van der Waals surface area contributed by atoms with Crippen LogP contribution in [0.3, 0.4) is 0 Å². The number of phenols is 1. The minimum Gasteiger partial charge on any atom is -0.508 e. The summed E-state index contributed by atoms with van der Waals surface area (Å²) in [6.07, 6.45) is -0.570. The molecule has 39 heavy (non-hydrogen) atoms. The Morgan fingerprint density at radius 1 is 0.974 bits per heavy atom. The van der Waals surface area contributed by atoms with Crippen molar-refractivity contribution < 1.29 is 24.2 Å². The molecule has 8 nitrogen and oxygen atoms in total. The molecule has 0 aromatic heterocycles. The molecule has 0 radical (unpaired) electrons. The van der Waals surface area contributed by atoms with Crippen molar-refractivity contribution in [3.05, 3.63) is 94.5 Å². The molecule has 0 aliphatic heterocycles. The fraction of sp³-hybridized carbons (Fsp3) is 0.300. The third-order valence-electron chi connectivity index (χ3n) is 5.93. The zero-order chi connectivity index (χ0) is 28.7. The third-order valence-corrected chi connectivity index (χ3v) is 6.25.